The number of hydrogen-bond acceptors (Lipinski definition) is 4. The minimum absolute atomic E-state index is 0.293. The first kappa shape index (κ1) is 14.2. The molecule has 1 fully saturated rings. The fourth-order valence-electron chi connectivity index (χ4n) is 2.73. The number of anilines is 1. The summed E-state index contributed by atoms with van der Waals surface area (Å²) in [4.78, 5) is 2.47. The summed E-state index contributed by atoms with van der Waals surface area (Å²) < 4.78 is 5.74. The second kappa shape index (κ2) is 7.36. The van der Waals surface area contributed by atoms with Crippen molar-refractivity contribution in [2.45, 2.75) is 31.7 Å². The van der Waals surface area contributed by atoms with Crippen molar-refractivity contribution in [3.05, 3.63) is 24.3 Å². The lowest BCUT2D eigenvalue weighted by atomic mass is 10.1. The predicted octanol–water partition coefficient (Wildman–Crippen LogP) is 1.88. The van der Waals surface area contributed by atoms with Gasteiger partial charge in [0, 0.05) is 19.2 Å². The van der Waals surface area contributed by atoms with Gasteiger partial charge in [0.1, 0.15) is 12.4 Å². The van der Waals surface area contributed by atoms with Crippen LogP contribution in [0.15, 0.2) is 24.3 Å². The summed E-state index contributed by atoms with van der Waals surface area (Å²) >= 11 is 0. The summed E-state index contributed by atoms with van der Waals surface area (Å²) in [5.74, 6) is 0.772. The number of nitrogens with zero attached hydrogens (tertiary/aromatic N) is 1. The van der Waals surface area contributed by atoms with Crippen molar-refractivity contribution in [1.82, 2.24) is 4.90 Å². The number of aliphatic hydroxyl groups excluding tert-OH is 1. The molecule has 4 nitrogen and oxygen atoms in total. The van der Waals surface area contributed by atoms with E-state index in [-0.39, 0.29) is 0 Å². The van der Waals surface area contributed by atoms with E-state index >= 15 is 0 Å². The van der Waals surface area contributed by atoms with Crippen molar-refractivity contribution in [3.8, 4) is 5.75 Å². The van der Waals surface area contributed by atoms with Crippen molar-refractivity contribution >= 4 is 5.69 Å². The topological polar surface area (TPSA) is 58.7 Å². The van der Waals surface area contributed by atoms with Crippen LogP contribution in [0.5, 0.6) is 5.75 Å². The van der Waals surface area contributed by atoms with Crippen LogP contribution in [0.4, 0.5) is 5.69 Å². The van der Waals surface area contributed by atoms with Gasteiger partial charge in [0.15, 0.2) is 0 Å². The molecule has 1 aromatic carbocycles. The molecule has 0 saturated carbocycles. The van der Waals surface area contributed by atoms with Crippen LogP contribution in [0.25, 0.3) is 0 Å². The quantitative estimate of drug-likeness (QED) is 0.738. The van der Waals surface area contributed by atoms with Crippen molar-refractivity contribution in [2.24, 2.45) is 0 Å². The lowest BCUT2D eigenvalue weighted by molar-refractivity contribution is 0.181. The smallest absolute Gasteiger partial charge is 0.142 e. The van der Waals surface area contributed by atoms with Gasteiger partial charge in [-0.1, -0.05) is 12.1 Å². The van der Waals surface area contributed by atoms with Crippen LogP contribution in [-0.4, -0.2) is 42.4 Å². The molecule has 4 heteroatoms. The van der Waals surface area contributed by atoms with Crippen LogP contribution in [0.3, 0.4) is 0 Å². The predicted molar refractivity (Wildman–Crippen MR) is 77.3 cm³/mol. The molecule has 0 bridgehead atoms. The highest BCUT2D eigenvalue weighted by molar-refractivity contribution is 5.51. The molecule has 3 N–H and O–H groups in total. The molecule has 1 heterocycles. The number of rotatable bonds is 7. The molecule has 1 saturated heterocycles. The van der Waals surface area contributed by atoms with E-state index in [1.807, 2.05) is 24.3 Å². The molecule has 0 aromatic heterocycles. The molecule has 0 radical (unpaired) electrons. The van der Waals surface area contributed by atoms with E-state index in [9.17, 15) is 0 Å². The van der Waals surface area contributed by atoms with Crippen LogP contribution in [0, 0.1) is 0 Å². The molecule has 0 amide bonds. The first-order valence-electron chi connectivity index (χ1n) is 7.13. The average Bonchev–Trinajstić information content (AvgIpc) is 2.86. The lowest BCUT2D eigenvalue weighted by Crippen LogP contribution is -2.33. The fraction of sp³-hybridized carbons (Fsp3) is 0.600. The number of aliphatic hydroxyl groups is 1. The highest BCUT2D eigenvalue weighted by Gasteiger charge is 2.23. The molecule has 19 heavy (non-hydrogen) atoms. The third-order valence-electron chi connectivity index (χ3n) is 3.75. The Balaban J connectivity index is 1.74. The molecule has 1 atom stereocenters. The zero-order valence-electron chi connectivity index (χ0n) is 11.4. The molecule has 2 rings (SSSR count). The van der Waals surface area contributed by atoms with Crippen molar-refractivity contribution in [1.29, 1.82) is 0 Å². The molecule has 1 aromatic rings. The number of hydrogen-bond donors (Lipinski definition) is 2. The SMILES string of the molecule is Nc1ccccc1OCCN1CCCC1CCCO. The Hall–Kier alpha value is -1.26. The van der Waals surface area contributed by atoms with Crippen molar-refractivity contribution < 1.29 is 9.84 Å². The van der Waals surface area contributed by atoms with E-state index in [2.05, 4.69) is 4.90 Å². The van der Waals surface area contributed by atoms with E-state index in [1.54, 1.807) is 0 Å². The number of nitrogens with two attached hydrogens (primary N) is 1. The maximum atomic E-state index is 8.91. The third kappa shape index (κ3) is 4.11. The van der Waals surface area contributed by atoms with Gasteiger partial charge in [-0.05, 0) is 44.4 Å². The number of para-hydroxylation sites is 2. The highest BCUT2D eigenvalue weighted by atomic mass is 16.5. The number of nitrogen functional groups attached to an aromatic ring is 1. The maximum absolute atomic E-state index is 8.91. The van der Waals surface area contributed by atoms with Gasteiger partial charge in [0.05, 0.1) is 5.69 Å². The maximum Gasteiger partial charge on any atom is 0.142 e. The van der Waals surface area contributed by atoms with Crippen LogP contribution >= 0.6 is 0 Å². The number of likely N-dealkylation sites (tertiary alicyclic amines) is 1. The zero-order chi connectivity index (χ0) is 13.5. The summed E-state index contributed by atoms with van der Waals surface area (Å²) in [6.45, 7) is 3.04. The molecular weight excluding hydrogens is 240 g/mol. The molecule has 1 unspecified atom stereocenters. The van der Waals surface area contributed by atoms with Gasteiger partial charge in [-0.2, -0.15) is 0 Å². The Kier molecular flexibility index (Phi) is 5.48. The monoisotopic (exact) mass is 264 g/mol. The second-order valence-electron chi connectivity index (χ2n) is 5.08. The van der Waals surface area contributed by atoms with Crippen LogP contribution < -0.4 is 10.5 Å². The lowest BCUT2D eigenvalue weighted by Gasteiger charge is -2.24. The summed E-state index contributed by atoms with van der Waals surface area (Å²) in [5, 5.41) is 8.91. The summed E-state index contributed by atoms with van der Waals surface area (Å²) in [6, 6.07) is 8.22. The number of ether oxygens (including phenoxy) is 1. The van der Waals surface area contributed by atoms with Gasteiger partial charge in [0.2, 0.25) is 0 Å². The van der Waals surface area contributed by atoms with E-state index in [4.69, 9.17) is 15.6 Å². The van der Waals surface area contributed by atoms with Gasteiger partial charge < -0.3 is 15.6 Å². The normalized spacial score (nSPS) is 19.7. The van der Waals surface area contributed by atoms with Gasteiger partial charge in [-0.3, -0.25) is 4.90 Å². The van der Waals surface area contributed by atoms with Crippen molar-refractivity contribution in [3.63, 3.8) is 0 Å². The number of benzene rings is 1. The van der Waals surface area contributed by atoms with Gasteiger partial charge >= 0.3 is 0 Å². The zero-order valence-corrected chi connectivity index (χ0v) is 11.4. The van der Waals surface area contributed by atoms with Crippen LogP contribution in [-0.2, 0) is 0 Å². The summed E-state index contributed by atoms with van der Waals surface area (Å²) in [5.41, 5.74) is 6.54. The minimum Gasteiger partial charge on any atom is -0.490 e. The highest BCUT2D eigenvalue weighted by Crippen LogP contribution is 2.22. The molecule has 1 aliphatic rings. The Morgan fingerprint density at radius 1 is 1.37 bits per heavy atom. The van der Waals surface area contributed by atoms with Gasteiger partial charge in [0.25, 0.3) is 0 Å². The molecular formula is C15H24N2O2. The molecule has 0 spiro atoms. The van der Waals surface area contributed by atoms with Gasteiger partial charge in [-0.25, -0.2) is 0 Å². The first-order valence-corrected chi connectivity index (χ1v) is 7.13. The van der Waals surface area contributed by atoms with E-state index in [1.165, 1.54) is 12.8 Å². The average molecular weight is 264 g/mol. The first-order chi connectivity index (χ1) is 9.31. The standard InChI is InChI=1S/C15H24N2O2/c16-14-7-1-2-8-15(14)19-12-10-17-9-3-5-13(17)6-4-11-18/h1-2,7-8,13,18H,3-6,9-12,16H2. The van der Waals surface area contributed by atoms with Crippen molar-refractivity contribution in [2.75, 3.05) is 32.0 Å². The van der Waals surface area contributed by atoms with E-state index in [0.717, 1.165) is 31.7 Å². The Bertz CT molecular complexity index is 384. The van der Waals surface area contributed by atoms with Crippen LogP contribution in [0.1, 0.15) is 25.7 Å². The van der Waals surface area contributed by atoms with E-state index in [0.29, 0.717) is 24.9 Å². The van der Waals surface area contributed by atoms with Crippen LogP contribution in [0.2, 0.25) is 0 Å². The largest absolute Gasteiger partial charge is 0.490 e. The molecule has 0 aliphatic carbocycles. The summed E-state index contributed by atoms with van der Waals surface area (Å²) in [7, 11) is 0. The third-order valence-corrected chi connectivity index (χ3v) is 3.75. The second-order valence-corrected chi connectivity index (χ2v) is 5.08. The van der Waals surface area contributed by atoms with E-state index < -0.39 is 0 Å². The van der Waals surface area contributed by atoms with Gasteiger partial charge in [-0.15, -0.1) is 0 Å². The Labute approximate surface area is 115 Å². The molecule has 106 valence electrons. The fourth-order valence-corrected chi connectivity index (χ4v) is 2.73. The summed E-state index contributed by atoms with van der Waals surface area (Å²) in [6.07, 6.45) is 4.48. The Morgan fingerprint density at radius 3 is 3.00 bits per heavy atom. The minimum atomic E-state index is 0.293. The Morgan fingerprint density at radius 2 is 2.21 bits per heavy atom. The molecule has 1 aliphatic heterocycles.